The van der Waals surface area contributed by atoms with Gasteiger partial charge in [0.2, 0.25) is 0 Å². The fourth-order valence-electron chi connectivity index (χ4n) is 3.26. The maximum atomic E-state index is 10.2. The number of ether oxygens (including phenoxy) is 1. The monoisotopic (exact) mass is 391 g/mol. The summed E-state index contributed by atoms with van der Waals surface area (Å²) in [7, 11) is 0. The van der Waals surface area contributed by atoms with Gasteiger partial charge in [-0.25, -0.2) is 9.67 Å². The van der Waals surface area contributed by atoms with Crippen molar-refractivity contribution >= 4 is 10.9 Å². The van der Waals surface area contributed by atoms with Gasteiger partial charge in [0.05, 0.1) is 5.69 Å². The molecule has 29 heavy (non-hydrogen) atoms. The highest BCUT2D eigenvalue weighted by molar-refractivity contribution is 5.80. The third-order valence-corrected chi connectivity index (χ3v) is 4.71. The summed E-state index contributed by atoms with van der Waals surface area (Å²) >= 11 is 0. The molecule has 0 fully saturated rings. The molecule has 0 radical (unpaired) electrons. The molecule has 0 aliphatic heterocycles. The Hall–Kier alpha value is -3.16. The van der Waals surface area contributed by atoms with Crippen LogP contribution in [0.4, 0.5) is 0 Å². The standard InChI is InChI=1S/C22H25N5O2/c1-15-9-16(2)27(26-15)22-6-3-17(12-25-22)11-23-13-19(28)14-29-20-5-4-18-7-8-24-21(18)10-20/h3-10,12,19,23-24,28H,11,13-14H2,1-2H3. The molecule has 0 spiro atoms. The van der Waals surface area contributed by atoms with Crippen molar-refractivity contribution in [1.29, 1.82) is 0 Å². The first-order valence-electron chi connectivity index (χ1n) is 9.66. The van der Waals surface area contributed by atoms with Crippen molar-refractivity contribution < 1.29 is 9.84 Å². The number of aromatic amines is 1. The quantitative estimate of drug-likeness (QED) is 0.430. The molecule has 7 heteroatoms. The number of benzene rings is 1. The van der Waals surface area contributed by atoms with E-state index in [1.807, 2.05) is 73.4 Å². The van der Waals surface area contributed by atoms with Crippen LogP contribution in [0.25, 0.3) is 16.7 Å². The summed E-state index contributed by atoms with van der Waals surface area (Å²) in [6.45, 7) is 5.26. The zero-order valence-corrected chi connectivity index (χ0v) is 16.6. The largest absolute Gasteiger partial charge is 0.491 e. The van der Waals surface area contributed by atoms with Gasteiger partial charge in [0.25, 0.3) is 0 Å². The Morgan fingerprint density at radius 3 is 2.83 bits per heavy atom. The van der Waals surface area contributed by atoms with Gasteiger partial charge in [0.1, 0.15) is 18.5 Å². The molecule has 3 aromatic heterocycles. The van der Waals surface area contributed by atoms with Crippen LogP contribution >= 0.6 is 0 Å². The normalized spacial score (nSPS) is 12.4. The van der Waals surface area contributed by atoms with E-state index in [0.717, 1.165) is 39.4 Å². The number of rotatable bonds is 8. The fourth-order valence-corrected chi connectivity index (χ4v) is 3.26. The van der Waals surface area contributed by atoms with Crippen LogP contribution in [0.3, 0.4) is 0 Å². The van der Waals surface area contributed by atoms with Crippen LogP contribution in [-0.4, -0.2) is 44.1 Å². The van der Waals surface area contributed by atoms with E-state index in [1.165, 1.54) is 0 Å². The molecule has 0 amide bonds. The zero-order valence-electron chi connectivity index (χ0n) is 16.6. The van der Waals surface area contributed by atoms with E-state index in [4.69, 9.17) is 4.74 Å². The van der Waals surface area contributed by atoms with Crippen LogP contribution in [0.1, 0.15) is 17.0 Å². The van der Waals surface area contributed by atoms with E-state index in [1.54, 1.807) is 0 Å². The molecule has 4 aromatic rings. The Morgan fingerprint density at radius 1 is 1.17 bits per heavy atom. The van der Waals surface area contributed by atoms with Crippen molar-refractivity contribution in [2.45, 2.75) is 26.5 Å². The molecule has 1 unspecified atom stereocenters. The highest BCUT2D eigenvalue weighted by Gasteiger charge is 2.07. The molecule has 4 rings (SSSR count). The summed E-state index contributed by atoms with van der Waals surface area (Å²) in [5, 5.41) is 19.0. The summed E-state index contributed by atoms with van der Waals surface area (Å²) in [4.78, 5) is 7.64. The van der Waals surface area contributed by atoms with Gasteiger partial charge in [0, 0.05) is 42.8 Å². The molecule has 0 bridgehead atoms. The van der Waals surface area contributed by atoms with Gasteiger partial charge >= 0.3 is 0 Å². The predicted molar refractivity (Wildman–Crippen MR) is 112 cm³/mol. The molecule has 1 atom stereocenters. The van der Waals surface area contributed by atoms with Crippen LogP contribution in [0.15, 0.2) is 54.9 Å². The van der Waals surface area contributed by atoms with Gasteiger partial charge in [-0.2, -0.15) is 5.10 Å². The molecule has 150 valence electrons. The second-order valence-electron chi connectivity index (χ2n) is 7.19. The Bertz CT molecular complexity index is 1080. The molecule has 7 nitrogen and oxygen atoms in total. The molecule has 0 aliphatic carbocycles. The second-order valence-corrected chi connectivity index (χ2v) is 7.19. The van der Waals surface area contributed by atoms with E-state index < -0.39 is 6.10 Å². The van der Waals surface area contributed by atoms with E-state index >= 15 is 0 Å². The van der Waals surface area contributed by atoms with Gasteiger partial charge < -0.3 is 20.1 Å². The number of hydrogen-bond donors (Lipinski definition) is 3. The lowest BCUT2D eigenvalue weighted by atomic mass is 10.2. The molecule has 1 aromatic carbocycles. The molecular weight excluding hydrogens is 366 g/mol. The SMILES string of the molecule is Cc1cc(C)n(-c2ccc(CNCC(O)COc3ccc4cc[nH]c4c3)cn2)n1. The number of aliphatic hydroxyl groups excluding tert-OH is 1. The fraction of sp³-hybridized carbons (Fsp3) is 0.273. The number of H-pyrrole nitrogens is 1. The Labute approximate surface area is 169 Å². The third-order valence-electron chi connectivity index (χ3n) is 4.71. The first-order valence-corrected chi connectivity index (χ1v) is 9.66. The molecular formula is C22H25N5O2. The van der Waals surface area contributed by atoms with Crippen LogP contribution in [-0.2, 0) is 6.54 Å². The van der Waals surface area contributed by atoms with Gasteiger partial charge in [-0.15, -0.1) is 0 Å². The van der Waals surface area contributed by atoms with Gasteiger partial charge in [0.15, 0.2) is 5.82 Å². The van der Waals surface area contributed by atoms with Crippen molar-refractivity contribution in [3.8, 4) is 11.6 Å². The number of nitrogens with zero attached hydrogens (tertiary/aromatic N) is 3. The van der Waals surface area contributed by atoms with E-state index in [0.29, 0.717) is 13.1 Å². The first kappa shape index (κ1) is 19.2. The van der Waals surface area contributed by atoms with Crippen LogP contribution in [0.5, 0.6) is 5.75 Å². The average molecular weight is 391 g/mol. The first-order chi connectivity index (χ1) is 14.1. The smallest absolute Gasteiger partial charge is 0.153 e. The van der Waals surface area contributed by atoms with Crippen molar-refractivity contribution in [2.75, 3.05) is 13.2 Å². The van der Waals surface area contributed by atoms with E-state index in [-0.39, 0.29) is 6.61 Å². The van der Waals surface area contributed by atoms with Crippen molar-refractivity contribution in [2.24, 2.45) is 0 Å². The average Bonchev–Trinajstić information content (AvgIpc) is 3.32. The van der Waals surface area contributed by atoms with Crippen molar-refractivity contribution in [3.05, 3.63) is 71.8 Å². The van der Waals surface area contributed by atoms with Gasteiger partial charge in [-0.1, -0.05) is 6.07 Å². The van der Waals surface area contributed by atoms with Crippen LogP contribution in [0.2, 0.25) is 0 Å². The Balaban J connectivity index is 1.23. The third kappa shape index (κ3) is 4.64. The number of nitrogens with one attached hydrogen (secondary N) is 2. The topological polar surface area (TPSA) is 88.0 Å². The lowest BCUT2D eigenvalue weighted by molar-refractivity contribution is 0.106. The highest BCUT2D eigenvalue weighted by atomic mass is 16.5. The van der Waals surface area contributed by atoms with Gasteiger partial charge in [-0.3, -0.25) is 0 Å². The summed E-state index contributed by atoms with van der Waals surface area (Å²) in [5.74, 6) is 1.54. The minimum Gasteiger partial charge on any atom is -0.491 e. The lowest BCUT2D eigenvalue weighted by Crippen LogP contribution is -2.31. The summed E-state index contributed by atoms with van der Waals surface area (Å²) in [5.41, 5.74) is 4.09. The van der Waals surface area contributed by atoms with Crippen LogP contribution in [0, 0.1) is 13.8 Å². The lowest BCUT2D eigenvalue weighted by Gasteiger charge is -2.13. The van der Waals surface area contributed by atoms with Crippen molar-refractivity contribution in [1.82, 2.24) is 25.1 Å². The van der Waals surface area contributed by atoms with Crippen LogP contribution < -0.4 is 10.1 Å². The summed E-state index contributed by atoms with van der Waals surface area (Å²) < 4.78 is 7.53. The molecule has 3 heterocycles. The molecule has 3 N–H and O–H groups in total. The van der Waals surface area contributed by atoms with E-state index in [9.17, 15) is 5.11 Å². The number of aromatic nitrogens is 4. The minimum atomic E-state index is -0.601. The molecule has 0 saturated heterocycles. The maximum Gasteiger partial charge on any atom is 0.153 e. The maximum absolute atomic E-state index is 10.2. The zero-order chi connectivity index (χ0) is 20.2. The molecule has 0 saturated carbocycles. The summed E-state index contributed by atoms with van der Waals surface area (Å²) in [6.07, 6.45) is 3.12. The Kier molecular flexibility index (Phi) is 5.59. The highest BCUT2D eigenvalue weighted by Crippen LogP contribution is 2.19. The number of aliphatic hydroxyl groups is 1. The number of hydrogen-bond acceptors (Lipinski definition) is 5. The molecule has 0 aliphatic rings. The number of aryl methyl sites for hydroxylation is 2. The number of fused-ring (bicyclic) bond motifs is 1. The minimum absolute atomic E-state index is 0.230. The second kappa shape index (κ2) is 8.46. The Morgan fingerprint density at radius 2 is 2.07 bits per heavy atom. The van der Waals surface area contributed by atoms with Gasteiger partial charge in [-0.05, 0) is 55.1 Å². The number of pyridine rings is 1. The predicted octanol–water partition coefficient (Wildman–Crippen LogP) is 2.89. The van der Waals surface area contributed by atoms with E-state index in [2.05, 4.69) is 20.4 Å². The summed E-state index contributed by atoms with van der Waals surface area (Å²) in [6, 6.07) is 13.8. The van der Waals surface area contributed by atoms with Crippen molar-refractivity contribution in [3.63, 3.8) is 0 Å².